The Kier molecular flexibility index (Phi) is 5.82. The van der Waals surface area contributed by atoms with Gasteiger partial charge in [0.15, 0.2) is 0 Å². The number of hydrogen-bond acceptors (Lipinski definition) is 2. The van der Waals surface area contributed by atoms with E-state index in [-0.39, 0.29) is 12.4 Å². The van der Waals surface area contributed by atoms with E-state index in [9.17, 15) is 14.3 Å². The average molecular weight is 357 g/mol. The molecule has 0 aromatic heterocycles. The number of benzene rings is 2. The summed E-state index contributed by atoms with van der Waals surface area (Å²) in [5, 5.41) is 15.9. The molecule has 3 N–H and O–H groups in total. The third-order valence-electron chi connectivity index (χ3n) is 3.25. The van der Waals surface area contributed by atoms with Crippen LogP contribution in [0.2, 0.25) is 10.0 Å². The SMILES string of the molecule is Cc1c(Cl)cc(NC(=O)NCC(O)c2ccc(F)cc2)cc1Cl. The lowest BCUT2D eigenvalue weighted by Gasteiger charge is -2.13. The third-order valence-corrected chi connectivity index (χ3v) is 4.03. The van der Waals surface area contributed by atoms with Crippen molar-refractivity contribution in [3.8, 4) is 0 Å². The lowest BCUT2D eigenvalue weighted by Crippen LogP contribution is -2.32. The fraction of sp³-hybridized carbons (Fsp3) is 0.188. The Morgan fingerprint density at radius 3 is 2.35 bits per heavy atom. The summed E-state index contributed by atoms with van der Waals surface area (Å²) in [5.74, 6) is -0.389. The van der Waals surface area contributed by atoms with Crippen LogP contribution in [-0.2, 0) is 0 Å². The zero-order valence-electron chi connectivity index (χ0n) is 12.2. The van der Waals surface area contributed by atoms with Gasteiger partial charge in [-0.2, -0.15) is 0 Å². The second kappa shape index (κ2) is 7.64. The van der Waals surface area contributed by atoms with Crippen molar-refractivity contribution >= 4 is 34.9 Å². The first-order chi connectivity index (χ1) is 10.9. The smallest absolute Gasteiger partial charge is 0.319 e. The zero-order chi connectivity index (χ0) is 17.0. The summed E-state index contributed by atoms with van der Waals surface area (Å²) in [4.78, 5) is 11.8. The molecule has 2 amide bonds. The lowest BCUT2D eigenvalue weighted by atomic mass is 10.1. The van der Waals surface area contributed by atoms with Crippen LogP contribution in [0.3, 0.4) is 0 Å². The fourth-order valence-corrected chi connectivity index (χ4v) is 2.37. The van der Waals surface area contributed by atoms with E-state index in [0.29, 0.717) is 21.3 Å². The summed E-state index contributed by atoms with van der Waals surface area (Å²) in [6.07, 6.45) is -0.938. The highest BCUT2D eigenvalue weighted by Crippen LogP contribution is 2.28. The Labute approximate surface area is 143 Å². The normalized spacial score (nSPS) is 11.9. The number of carbonyl (C=O) groups is 1. The predicted octanol–water partition coefficient (Wildman–Crippen LogP) is 4.30. The van der Waals surface area contributed by atoms with Gasteiger partial charge in [0, 0.05) is 22.3 Å². The molecular formula is C16H15Cl2FN2O2. The number of nitrogens with one attached hydrogen (secondary N) is 2. The van der Waals surface area contributed by atoms with E-state index in [2.05, 4.69) is 10.6 Å². The van der Waals surface area contributed by atoms with E-state index in [1.54, 1.807) is 19.1 Å². The van der Waals surface area contributed by atoms with E-state index in [4.69, 9.17) is 23.2 Å². The molecule has 0 saturated heterocycles. The lowest BCUT2D eigenvalue weighted by molar-refractivity contribution is 0.175. The zero-order valence-corrected chi connectivity index (χ0v) is 13.7. The number of hydrogen-bond donors (Lipinski definition) is 3. The van der Waals surface area contributed by atoms with Crippen LogP contribution in [0.5, 0.6) is 0 Å². The van der Waals surface area contributed by atoms with Gasteiger partial charge >= 0.3 is 6.03 Å². The molecule has 1 atom stereocenters. The van der Waals surface area contributed by atoms with Gasteiger partial charge in [0.2, 0.25) is 0 Å². The predicted molar refractivity (Wildman–Crippen MR) is 89.6 cm³/mol. The van der Waals surface area contributed by atoms with Crippen molar-refractivity contribution in [2.45, 2.75) is 13.0 Å². The van der Waals surface area contributed by atoms with Gasteiger partial charge in [-0.15, -0.1) is 0 Å². The van der Waals surface area contributed by atoms with Crippen molar-refractivity contribution in [1.29, 1.82) is 0 Å². The van der Waals surface area contributed by atoms with Crippen molar-refractivity contribution in [3.05, 3.63) is 63.4 Å². The maximum Gasteiger partial charge on any atom is 0.319 e. The van der Waals surface area contributed by atoms with Crippen LogP contribution in [0.25, 0.3) is 0 Å². The molecule has 0 saturated carbocycles. The summed E-state index contributed by atoms with van der Waals surface area (Å²) < 4.78 is 12.8. The highest BCUT2D eigenvalue weighted by Gasteiger charge is 2.11. The van der Waals surface area contributed by atoms with E-state index in [1.165, 1.54) is 24.3 Å². The van der Waals surface area contributed by atoms with Gasteiger partial charge in [-0.1, -0.05) is 35.3 Å². The molecule has 0 heterocycles. The van der Waals surface area contributed by atoms with Gasteiger partial charge in [0.25, 0.3) is 0 Å². The van der Waals surface area contributed by atoms with Crippen LogP contribution >= 0.6 is 23.2 Å². The van der Waals surface area contributed by atoms with Crippen molar-refractivity contribution in [2.24, 2.45) is 0 Å². The molecule has 0 aliphatic rings. The van der Waals surface area contributed by atoms with Gasteiger partial charge in [-0.3, -0.25) is 0 Å². The third kappa shape index (κ3) is 4.82. The highest BCUT2D eigenvalue weighted by atomic mass is 35.5. The molecule has 0 aliphatic carbocycles. The Hall–Kier alpha value is -1.82. The van der Waals surface area contributed by atoms with Gasteiger partial charge in [0.1, 0.15) is 5.82 Å². The van der Waals surface area contributed by atoms with Crippen molar-refractivity contribution in [2.75, 3.05) is 11.9 Å². The molecule has 0 bridgehead atoms. The average Bonchev–Trinajstić information content (AvgIpc) is 2.51. The van der Waals surface area contributed by atoms with E-state index < -0.39 is 12.1 Å². The Morgan fingerprint density at radius 1 is 1.22 bits per heavy atom. The summed E-state index contributed by atoms with van der Waals surface area (Å²) in [6.45, 7) is 1.75. The molecular weight excluding hydrogens is 342 g/mol. The van der Waals surface area contributed by atoms with Gasteiger partial charge in [-0.05, 0) is 42.3 Å². The highest BCUT2D eigenvalue weighted by molar-refractivity contribution is 6.36. The number of anilines is 1. The molecule has 0 radical (unpaired) electrons. The first kappa shape index (κ1) is 17.5. The van der Waals surface area contributed by atoms with E-state index in [1.807, 2.05) is 0 Å². The topological polar surface area (TPSA) is 61.4 Å². The maximum absolute atomic E-state index is 12.8. The van der Waals surface area contributed by atoms with Gasteiger partial charge < -0.3 is 15.7 Å². The van der Waals surface area contributed by atoms with Crippen LogP contribution in [0.15, 0.2) is 36.4 Å². The second-order valence-corrected chi connectivity index (χ2v) is 5.78. The van der Waals surface area contributed by atoms with Crippen LogP contribution in [0.4, 0.5) is 14.9 Å². The first-order valence-corrected chi connectivity index (χ1v) is 7.56. The summed E-state index contributed by atoms with van der Waals surface area (Å²) in [5.41, 5.74) is 1.68. The number of rotatable bonds is 4. The van der Waals surface area contributed by atoms with Crippen LogP contribution in [0.1, 0.15) is 17.2 Å². The first-order valence-electron chi connectivity index (χ1n) is 6.81. The second-order valence-electron chi connectivity index (χ2n) is 4.97. The van der Waals surface area contributed by atoms with E-state index >= 15 is 0 Å². The Balaban J connectivity index is 1.91. The maximum atomic E-state index is 12.8. The van der Waals surface area contributed by atoms with Gasteiger partial charge in [-0.25, -0.2) is 9.18 Å². The fourth-order valence-electron chi connectivity index (χ4n) is 1.88. The molecule has 0 aliphatic heterocycles. The molecule has 2 aromatic rings. The molecule has 122 valence electrons. The molecule has 0 fully saturated rings. The molecule has 1 unspecified atom stereocenters. The minimum atomic E-state index is -0.938. The minimum Gasteiger partial charge on any atom is -0.387 e. The molecule has 4 nitrogen and oxygen atoms in total. The van der Waals surface area contributed by atoms with Crippen molar-refractivity contribution < 1.29 is 14.3 Å². The van der Waals surface area contributed by atoms with Crippen molar-refractivity contribution in [1.82, 2.24) is 5.32 Å². The van der Waals surface area contributed by atoms with E-state index in [0.717, 1.165) is 5.56 Å². The number of urea groups is 1. The number of halogens is 3. The van der Waals surface area contributed by atoms with Crippen LogP contribution in [-0.4, -0.2) is 17.7 Å². The summed E-state index contributed by atoms with van der Waals surface area (Å²) in [6, 6.07) is 8.06. The van der Waals surface area contributed by atoms with Crippen LogP contribution in [0, 0.1) is 12.7 Å². The Morgan fingerprint density at radius 2 is 1.78 bits per heavy atom. The standard InChI is InChI=1S/C16H15Cl2FN2O2/c1-9-13(17)6-12(7-14(9)18)21-16(23)20-8-15(22)10-2-4-11(19)5-3-10/h2-7,15,22H,8H2,1H3,(H2,20,21,23). The molecule has 0 spiro atoms. The molecule has 2 aromatic carbocycles. The van der Waals surface area contributed by atoms with Crippen molar-refractivity contribution in [3.63, 3.8) is 0 Å². The molecule has 2 rings (SSSR count). The summed E-state index contributed by atoms with van der Waals surface area (Å²) in [7, 11) is 0. The number of amides is 2. The number of aliphatic hydroxyl groups excluding tert-OH is 1. The van der Waals surface area contributed by atoms with Gasteiger partial charge in [0.05, 0.1) is 6.10 Å². The van der Waals surface area contributed by atoms with Crippen LogP contribution < -0.4 is 10.6 Å². The number of carbonyl (C=O) groups excluding carboxylic acids is 1. The quantitative estimate of drug-likeness (QED) is 0.764. The Bertz CT molecular complexity index is 685. The molecule has 7 heteroatoms. The molecule has 23 heavy (non-hydrogen) atoms. The number of aliphatic hydroxyl groups is 1. The minimum absolute atomic E-state index is 0.0230. The largest absolute Gasteiger partial charge is 0.387 e. The monoisotopic (exact) mass is 356 g/mol. The summed E-state index contributed by atoms with van der Waals surface area (Å²) >= 11 is 12.0.